The Labute approximate surface area is 394 Å². The first-order valence-corrected chi connectivity index (χ1v) is 22.5. The molecule has 1 aromatic heterocycles. The number of hydrogen-bond acceptors (Lipinski definition) is 5. The summed E-state index contributed by atoms with van der Waals surface area (Å²) in [5.41, 5.74) is 19.4. The minimum Gasteiger partial charge on any atom is -0.208 e. The van der Waals surface area contributed by atoms with Gasteiger partial charge in [-0.25, -0.2) is 15.0 Å². The molecule has 0 aliphatic heterocycles. The molecule has 0 fully saturated rings. The molecule has 0 spiro atoms. The molecular formula is C63H37N5. The zero-order valence-electron chi connectivity index (χ0n) is 36.6. The van der Waals surface area contributed by atoms with Crippen LogP contribution in [-0.4, -0.2) is 15.0 Å². The molecule has 5 nitrogen and oxygen atoms in total. The van der Waals surface area contributed by atoms with Crippen LogP contribution >= 0.6 is 0 Å². The number of hydrogen-bond donors (Lipinski definition) is 0. The van der Waals surface area contributed by atoms with Crippen LogP contribution in [0, 0.1) is 22.7 Å². The number of nitriles is 2. The Morgan fingerprint density at radius 1 is 0.265 bits per heavy atom. The quantitative estimate of drug-likeness (QED) is 0.152. The van der Waals surface area contributed by atoms with Crippen LogP contribution in [0.15, 0.2) is 224 Å². The minimum atomic E-state index is 0.572. The minimum absolute atomic E-state index is 0.572. The molecule has 11 aromatic rings. The molecule has 0 radical (unpaired) electrons. The van der Waals surface area contributed by atoms with E-state index in [4.69, 9.17) is 15.0 Å². The predicted octanol–water partition coefficient (Wildman–Crippen LogP) is 15.8. The second-order valence-corrected chi connectivity index (χ2v) is 17.0. The van der Waals surface area contributed by atoms with E-state index in [1.807, 2.05) is 91.0 Å². The van der Waals surface area contributed by atoms with Crippen molar-refractivity contribution in [2.75, 3.05) is 0 Å². The van der Waals surface area contributed by atoms with Gasteiger partial charge >= 0.3 is 0 Å². The number of benzene rings is 10. The zero-order valence-corrected chi connectivity index (χ0v) is 36.6. The predicted molar refractivity (Wildman–Crippen MR) is 275 cm³/mol. The highest BCUT2D eigenvalue weighted by molar-refractivity contribution is 6.16. The van der Waals surface area contributed by atoms with Gasteiger partial charge in [0, 0.05) is 22.3 Å². The topological polar surface area (TPSA) is 86.2 Å². The van der Waals surface area contributed by atoms with Gasteiger partial charge in [0.2, 0.25) is 0 Å². The summed E-state index contributed by atoms with van der Waals surface area (Å²) in [5, 5.41) is 22.1. The molecule has 0 amide bonds. The number of nitrogens with zero attached hydrogens (tertiary/aromatic N) is 5. The number of fused-ring (bicyclic) bond motifs is 3. The molecule has 0 bridgehead atoms. The zero-order chi connectivity index (χ0) is 45.6. The average molecular weight is 864 g/mol. The van der Waals surface area contributed by atoms with Crippen molar-refractivity contribution >= 4 is 10.8 Å². The normalized spacial score (nSPS) is 11.2. The summed E-state index contributed by atoms with van der Waals surface area (Å²) >= 11 is 0. The second-order valence-electron chi connectivity index (χ2n) is 17.0. The molecule has 12 rings (SSSR count). The van der Waals surface area contributed by atoms with Crippen molar-refractivity contribution in [3.05, 3.63) is 236 Å². The first-order valence-electron chi connectivity index (χ1n) is 22.5. The molecule has 0 unspecified atom stereocenters. The van der Waals surface area contributed by atoms with E-state index in [1.54, 1.807) is 0 Å². The maximum absolute atomic E-state index is 10.3. The van der Waals surface area contributed by atoms with E-state index in [-0.39, 0.29) is 0 Å². The molecule has 314 valence electrons. The van der Waals surface area contributed by atoms with E-state index in [0.29, 0.717) is 28.6 Å². The third-order valence-corrected chi connectivity index (χ3v) is 13.0. The average Bonchev–Trinajstić information content (AvgIpc) is 3.75. The van der Waals surface area contributed by atoms with Gasteiger partial charge in [0.15, 0.2) is 17.5 Å². The van der Waals surface area contributed by atoms with Gasteiger partial charge in [-0.15, -0.1) is 0 Å². The summed E-state index contributed by atoms with van der Waals surface area (Å²) in [6.45, 7) is 0. The van der Waals surface area contributed by atoms with Crippen LogP contribution in [0.5, 0.6) is 0 Å². The fourth-order valence-corrected chi connectivity index (χ4v) is 9.50. The van der Waals surface area contributed by atoms with Gasteiger partial charge in [0.25, 0.3) is 0 Å². The molecule has 0 N–H and O–H groups in total. The van der Waals surface area contributed by atoms with E-state index in [2.05, 4.69) is 146 Å². The summed E-state index contributed by atoms with van der Waals surface area (Å²) in [4.78, 5) is 15.0. The molecule has 1 aliphatic carbocycles. The maximum atomic E-state index is 10.3. The Bertz CT molecular complexity index is 3840. The van der Waals surface area contributed by atoms with E-state index in [0.717, 1.165) is 66.8 Å². The Kier molecular flexibility index (Phi) is 9.87. The maximum Gasteiger partial charge on any atom is 0.164 e. The molecule has 0 atom stereocenters. The highest BCUT2D eigenvalue weighted by atomic mass is 15.0. The summed E-state index contributed by atoms with van der Waals surface area (Å²) < 4.78 is 0. The van der Waals surface area contributed by atoms with E-state index in [9.17, 15) is 10.5 Å². The highest BCUT2D eigenvalue weighted by Crippen LogP contribution is 2.49. The Hall–Kier alpha value is -9.55. The van der Waals surface area contributed by atoms with E-state index >= 15 is 0 Å². The first kappa shape index (κ1) is 40.0. The Balaban J connectivity index is 0.848. The van der Waals surface area contributed by atoms with Crippen LogP contribution in [0.25, 0.3) is 123 Å². The molecule has 10 aromatic carbocycles. The third-order valence-electron chi connectivity index (χ3n) is 13.0. The Morgan fingerprint density at radius 2 is 0.706 bits per heavy atom. The number of rotatable bonds is 8. The summed E-state index contributed by atoms with van der Waals surface area (Å²) in [5.74, 6) is 1.73. The first-order chi connectivity index (χ1) is 33.6. The van der Waals surface area contributed by atoms with Crippen molar-refractivity contribution in [1.29, 1.82) is 10.5 Å². The van der Waals surface area contributed by atoms with Crippen molar-refractivity contribution in [3.8, 4) is 124 Å². The van der Waals surface area contributed by atoms with Gasteiger partial charge in [-0.2, -0.15) is 10.5 Å². The summed E-state index contributed by atoms with van der Waals surface area (Å²) in [7, 11) is 0. The van der Waals surface area contributed by atoms with Crippen LogP contribution in [0.1, 0.15) is 11.1 Å². The lowest BCUT2D eigenvalue weighted by molar-refractivity contribution is 1.07. The van der Waals surface area contributed by atoms with Gasteiger partial charge in [-0.1, -0.05) is 176 Å². The summed E-state index contributed by atoms with van der Waals surface area (Å²) in [6, 6.07) is 81.8. The number of aromatic nitrogens is 3. The van der Waals surface area contributed by atoms with Crippen LogP contribution in [0.2, 0.25) is 0 Å². The van der Waals surface area contributed by atoms with E-state index < -0.39 is 0 Å². The highest BCUT2D eigenvalue weighted by Gasteiger charge is 2.22. The van der Waals surface area contributed by atoms with Crippen LogP contribution in [0.4, 0.5) is 0 Å². The van der Waals surface area contributed by atoms with Crippen molar-refractivity contribution in [1.82, 2.24) is 15.0 Å². The molecule has 68 heavy (non-hydrogen) atoms. The van der Waals surface area contributed by atoms with Crippen LogP contribution in [-0.2, 0) is 0 Å². The lowest BCUT2D eigenvalue weighted by Gasteiger charge is -2.12. The van der Waals surface area contributed by atoms with Gasteiger partial charge < -0.3 is 0 Å². The molecule has 1 aliphatic rings. The molecule has 0 saturated heterocycles. The van der Waals surface area contributed by atoms with Crippen molar-refractivity contribution < 1.29 is 0 Å². The second kappa shape index (κ2) is 16.8. The molecule has 5 heteroatoms. The molecular weight excluding hydrogens is 827 g/mol. The SMILES string of the molecule is N#Cc1ccc(-c2ccc(-c3nc(-c4ccccc4)nc(-c4cccc(-c5ccc(-c6cc(-c7cccc(-c8cc9c%10c(cccc%10c8)-c8ccccc8-9)c7)ccc6C#N)cc5)c4)n3)cc2)cc1. The third kappa shape index (κ3) is 7.28. The summed E-state index contributed by atoms with van der Waals surface area (Å²) in [6.07, 6.45) is 0. The van der Waals surface area contributed by atoms with Crippen LogP contribution in [0.3, 0.4) is 0 Å². The lowest BCUT2D eigenvalue weighted by Crippen LogP contribution is -2.00. The van der Waals surface area contributed by atoms with Crippen LogP contribution < -0.4 is 0 Å². The van der Waals surface area contributed by atoms with Crippen molar-refractivity contribution in [2.45, 2.75) is 0 Å². The standard InChI is InChI=1S/C63H37N5/c64-38-40-19-21-41(22-20-40)42-25-29-46(30-26-42)62-66-61(45-9-2-1-3-10-45)67-63(68-62)52-15-7-11-47(34-52)43-23-27-44(28-24-43)58-36-50(31-32-53(58)39-65)48-12-6-13-49(33-48)54-35-51-14-8-18-57-55-16-4-5-17-56(55)59(37-54)60(51)57/h1-37H. The van der Waals surface area contributed by atoms with E-state index in [1.165, 1.54) is 38.6 Å². The fraction of sp³-hybridized carbons (Fsp3) is 0. The Morgan fingerprint density at radius 3 is 1.38 bits per heavy atom. The molecule has 0 saturated carbocycles. The van der Waals surface area contributed by atoms with Gasteiger partial charge in [-0.05, 0) is 132 Å². The molecule has 1 heterocycles. The largest absolute Gasteiger partial charge is 0.208 e. The van der Waals surface area contributed by atoms with Gasteiger partial charge in [-0.3, -0.25) is 0 Å². The van der Waals surface area contributed by atoms with Gasteiger partial charge in [0.1, 0.15) is 0 Å². The fourth-order valence-electron chi connectivity index (χ4n) is 9.50. The smallest absolute Gasteiger partial charge is 0.164 e. The van der Waals surface area contributed by atoms with Gasteiger partial charge in [0.05, 0.1) is 23.3 Å². The monoisotopic (exact) mass is 863 g/mol. The lowest BCUT2D eigenvalue weighted by atomic mass is 9.91. The van der Waals surface area contributed by atoms with Crippen molar-refractivity contribution in [2.24, 2.45) is 0 Å². The van der Waals surface area contributed by atoms with Crippen molar-refractivity contribution in [3.63, 3.8) is 0 Å².